The van der Waals surface area contributed by atoms with Gasteiger partial charge in [-0.15, -0.1) is 0 Å². The summed E-state index contributed by atoms with van der Waals surface area (Å²) in [6.45, 7) is 2.75. The fourth-order valence-electron chi connectivity index (χ4n) is 3.74. The van der Waals surface area contributed by atoms with Crippen LogP contribution in [0.4, 0.5) is 0 Å². The summed E-state index contributed by atoms with van der Waals surface area (Å²) in [6.07, 6.45) is 4.14. The molecule has 1 aromatic rings. The van der Waals surface area contributed by atoms with E-state index in [1.54, 1.807) is 0 Å². The molecular formula is C18H26N2O2. The molecule has 4 nitrogen and oxygen atoms in total. The molecule has 1 amide bonds. The van der Waals surface area contributed by atoms with Crippen LogP contribution in [0.15, 0.2) is 30.3 Å². The Balaban J connectivity index is 1.61. The van der Waals surface area contributed by atoms with E-state index in [1.807, 2.05) is 35.2 Å². The van der Waals surface area contributed by atoms with Gasteiger partial charge in [0.25, 0.3) is 0 Å². The number of aliphatic hydroxyl groups excluding tert-OH is 1. The molecule has 3 rings (SSSR count). The Kier molecular flexibility index (Phi) is 5.11. The molecule has 1 aromatic carbocycles. The number of hydrogen-bond acceptors (Lipinski definition) is 3. The third-order valence-electron chi connectivity index (χ3n) is 5.03. The van der Waals surface area contributed by atoms with Crippen molar-refractivity contribution < 1.29 is 9.90 Å². The van der Waals surface area contributed by atoms with E-state index in [0.29, 0.717) is 12.3 Å². The van der Waals surface area contributed by atoms with Crippen molar-refractivity contribution in [2.75, 3.05) is 19.6 Å². The zero-order valence-corrected chi connectivity index (χ0v) is 13.1. The minimum absolute atomic E-state index is 0.177. The van der Waals surface area contributed by atoms with Gasteiger partial charge in [-0.1, -0.05) is 30.3 Å². The molecule has 22 heavy (non-hydrogen) atoms. The third kappa shape index (κ3) is 3.50. The van der Waals surface area contributed by atoms with E-state index in [-0.39, 0.29) is 12.0 Å². The first-order chi connectivity index (χ1) is 10.8. The van der Waals surface area contributed by atoms with Crippen LogP contribution in [-0.4, -0.2) is 41.6 Å². The Hall–Kier alpha value is -1.39. The van der Waals surface area contributed by atoms with Crippen LogP contribution < -0.4 is 5.32 Å². The van der Waals surface area contributed by atoms with E-state index >= 15 is 0 Å². The fraction of sp³-hybridized carbons (Fsp3) is 0.611. The highest BCUT2D eigenvalue weighted by atomic mass is 16.3. The number of piperidine rings is 1. The van der Waals surface area contributed by atoms with Crippen molar-refractivity contribution in [1.29, 1.82) is 0 Å². The molecule has 2 aliphatic heterocycles. The molecule has 2 saturated heterocycles. The van der Waals surface area contributed by atoms with E-state index in [4.69, 9.17) is 0 Å². The van der Waals surface area contributed by atoms with Crippen LogP contribution in [0.5, 0.6) is 0 Å². The lowest BCUT2D eigenvalue weighted by Crippen LogP contribution is -2.43. The maximum Gasteiger partial charge on any atom is 0.226 e. The molecular weight excluding hydrogens is 276 g/mol. The molecule has 2 aliphatic rings. The smallest absolute Gasteiger partial charge is 0.226 e. The number of nitrogens with one attached hydrogen (secondary N) is 1. The summed E-state index contributed by atoms with van der Waals surface area (Å²) in [4.78, 5) is 14.8. The number of amides is 1. The van der Waals surface area contributed by atoms with Crippen molar-refractivity contribution >= 4 is 5.91 Å². The number of nitrogens with zero attached hydrogens (tertiary/aromatic N) is 1. The largest absolute Gasteiger partial charge is 0.388 e. The van der Waals surface area contributed by atoms with Crippen molar-refractivity contribution in [3.05, 3.63) is 35.9 Å². The van der Waals surface area contributed by atoms with Gasteiger partial charge < -0.3 is 15.3 Å². The summed E-state index contributed by atoms with van der Waals surface area (Å²) in [6, 6.07) is 9.96. The van der Waals surface area contributed by atoms with E-state index in [0.717, 1.165) is 50.9 Å². The number of benzene rings is 1. The van der Waals surface area contributed by atoms with Crippen molar-refractivity contribution in [1.82, 2.24) is 10.2 Å². The zero-order chi connectivity index (χ0) is 15.4. The lowest BCUT2D eigenvalue weighted by molar-refractivity contribution is -0.137. The number of carbonyl (C=O) groups is 1. The van der Waals surface area contributed by atoms with Crippen molar-refractivity contribution in [3.8, 4) is 0 Å². The topological polar surface area (TPSA) is 52.6 Å². The molecule has 2 N–H and O–H groups in total. The second-order valence-corrected chi connectivity index (χ2v) is 6.51. The normalized spacial score (nSPS) is 24.4. The fourth-order valence-corrected chi connectivity index (χ4v) is 3.74. The number of aliphatic hydroxyl groups is 1. The highest BCUT2D eigenvalue weighted by molar-refractivity contribution is 5.79. The first kappa shape index (κ1) is 15.5. The van der Waals surface area contributed by atoms with Gasteiger partial charge in [0, 0.05) is 18.5 Å². The molecule has 0 radical (unpaired) electrons. The van der Waals surface area contributed by atoms with E-state index < -0.39 is 6.10 Å². The molecule has 0 aliphatic carbocycles. The summed E-state index contributed by atoms with van der Waals surface area (Å²) in [5, 5.41) is 13.8. The van der Waals surface area contributed by atoms with Gasteiger partial charge >= 0.3 is 0 Å². The lowest BCUT2D eigenvalue weighted by Gasteiger charge is -2.32. The van der Waals surface area contributed by atoms with Crippen molar-refractivity contribution in [2.45, 2.75) is 44.2 Å². The minimum atomic E-state index is -0.479. The summed E-state index contributed by atoms with van der Waals surface area (Å²) < 4.78 is 0. The van der Waals surface area contributed by atoms with E-state index in [9.17, 15) is 9.90 Å². The second kappa shape index (κ2) is 7.25. The van der Waals surface area contributed by atoms with Crippen LogP contribution in [0.25, 0.3) is 0 Å². The second-order valence-electron chi connectivity index (χ2n) is 6.51. The first-order valence-corrected chi connectivity index (χ1v) is 8.50. The minimum Gasteiger partial charge on any atom is -0.388 e. The van der Waals surface area contributed by atoms with Gasteiger partial charge in [-0.25, -0.2) is 0 Å². The highest BCUT2D eigenvalue weighted by Crippen LogP contribution is 2.29. The number of hydrogen-bond donors (Lipinski definition) is 2. The molecule has 2 unspecified atom stereocenters. The van der Waals surface area contributed by atoms with Gasteiger partial charge in [0.1, 0.15) is 0 Å². The zero-order valence-electron chi connectivity index (χ0n) is 13.1. The molecule has 2 heterocycles. The maximum absolute atomic E-state index is 12.7. The standard InChI is InChI=1S/C18H26N2O2/c21-17(14-5-2-1-3-6-14)13-16-7-4-12-20(16)18(22)15-8-10-19-11-9-15/h1-3,5-6,15-17,19,21H,4,7-13H2. The van der Waals surface area contributed by atoms with Crippen LogP contribution in [0, 0.1) is 5.92 Å². The maximum atomic E-state index is 12.7. The van der Waals surface area contributed by atoms with Gasteiger partial charge in [-0.2, -0.15) is 0 Å². The molecule has 2 fully saturated rings. The summed E-state index contributed by atoms with van der Waals surface area (Å²) in [5.74, 6) is 0.486. The predicted molar refractivity (Wildman–Crippen MR) is 86.3 cm³/mol. The van der Waals surface area contributed by atoms with Crippen LogP contribution in [0.2, 0.25) is 0 Å². The Morgan fingerprint density at radius 3 is 2.68 bits per heavy atom. The molecule has 0 bridgehead atoms. The summed E-state index contributed by atoms with van der Waals surface area (Å²) in [7, 11) is 0. The lowest BCUT2D eigenvalue weighted by atomic mass is 9.95. The van der Waals surface area contributed by atoms with Crippen molar-refractivity contribution in [2.24, 2.45) is 5.92 Å². The molecule has 4 heteroatoms. The number of carbonyl (C=O) groups excluding carboxylic acids is 1. The van der Waals surface area contributed by atoms with Crippen LogP contribution >= 0.6 is 0 Å². The molecule has 0 aromatic heterocycles. The first-order valence-electron chi connectivity index (χ1n) is 8.50. The molecule has 0 spiro atoms. The van der Waals surface area contributed by atoms with E-state index in [2.05, 4.69) is 5.32 Å². The Bertz CT molecular complexity index is 485. The quantitative estimate of drug-likeness (QED) is 0.895. The average molecular weight is 302 g/mol. The number of likely N-dealkylation sites (tertiary alicyclic amines) is 1. The van der Waals surface area contributed by atoms with Gasteiger partial charge in [-0.05, 0) is 50.8 Å². The third-order valence-corrected chi connectivity index (χ3v) is 5.03. The van der Waals surface area contributed by atoms with Crippen LogP contribution in [0.1, 0.15) is 43.8 Å². The molecule has 120 valence electrons. The van der Waals surface area contributed by atoms with Crippen LogP contribution in [-0.2, 0) is 4.79 Å². The SMILES string of the molecule is O=C(C1CCNCC1)N1CCCC1CC(O)c1ccccc1. The van der Waals surface area contributed by atoms with Gasteiger partial charge in [0.05, 0.1) is 6.10 Å². The monoisotopic (exact) mass is 302 g/mol. The molecule has 0 saturated carbocycles. The van der Waals surface area contributed by atoms with Gasteiger partial charge in [0.15, 0.2) is 0 Å². The highest BCUT2D eigenvalue weighted by Gasteiger charge is 2.34. The van der Waals surface area contributed by atoms with Gasteiger partial charge in [-0.3, -0.25) is 4.79 Å². The van der Waals surface area contributed by atoms with Gasteiger partial charge in [0.2, 0.25) is 5.91 Å². The Morgan fingerprint density at radius 2 is 1.95 bits per heavy atom. The summed E-state index contributed by atoms with van der Waals surface area (Å²) in [5.41, 5.74) is 0.948. The average Bonchev–Trinajstić information content (AvgIpc) is 3.04. The molecule has 2 atom stereocenters. The Morgan fingerprint density at radius 1 is 1.23 bits per heavy atom. The van der Waals surface area contributed by atoms with E-state index in [1.165, 1.54) is 0 Å². The predicted octanol–water partition coefficient (Wildman–Crippen LogP) is 2.10. The number of rotatable bonds is 4. The summed E-state index contributed by atoms with van der Waals surface area (Å²) >= 11 is 0. The Labute approximate surface area is 132 Å². The van der Waals surface area contributed by atoms with Crippen LogP contribution in [0.3, 0.4) is 0 Å². The van der Waals surface area contributed by atoms with Crippen molar-refractivity contribution in [3.63, 3.8) is 0 Å².